The number of halogens is 1. The third-order valence-electron chi connectivity index (χ3n) is 4.83. The van der Waals surface area contributed by atoms with Crippen molar-refractivity contribution in [3.63, 3.8) is 0 Å². The highest BCUT2D eigenvalue weighted by molar-refractivity contribution is 14.0. The molecule has 2 aromatic rings. The number of rotatable bonds is 8. The molecule has 1 aliphatic heterocycles. The number of non-ortho nitro benzene ring substituents is 1. The van der Waals surface area contributed by atoms with Gasteiger partial charge in [-0.1, -0.05) is 12.1 Å². The Morgan fingerprint density at radius 2 is 1.97 bits per heavy atom. The molecule has 1 aromatic heterocycles. The summed E-state index contributed by atoms with van der Waals surface area (Å²) >= 11 is 0. The second-order valence-electron chi connectivity index (χ2n) is 6.77. The summed E-state index contributed by atoms with van der Waals surface area (Å²) in [5.41, 5.74) is 1.01. The van der Waals surface area contributed by atoms with Crippen molar-refractivity contribution >= 4 is 35.6 Å². The molecule has 1 unspecified atom stereocenters. The number of furan rings is 1. The Balaban J connectivity index is 0.00000300. The highest BCUT2D eigenvalue weighted by atomic mass is 127. The van der Waals surface area contributed by atoms with Gasteiger partial charge in [0.1, 0.15) is 5.76 Å². The van der Waals surface area contributed by atoms with Crippen LogP contribution in [0.1, 0.15) is 37.1 Å². The lowest BCUT2D eigenvalue weighted by Crippen LogP contribution is -2.42. The molecule has 8 nitrogen and oxygen atoms in total. The minimum Gasteiger partial charge on any atom is -0.468 e. The van der Waals surface area contributed by atoms with Gasteiger partial charge in [0, 0.05) is 25.2 Å². The van der Waals surface area contributed by atoms with Crippen LogP contribution in [0.3, 0.4) is 0 Å². The first-order chi connectivity index (χ1) is 13.7. The largest absolute Gasteiger partial charge is 0.468 e. The highest BCUT2D eigenvalue weighted by Gasteiger charge is 2.25. The molecule has 0 saturated carbocycles. The van der Waals surface area contributed by atoms with Crippen LogP contribution in [0.4, 0.5) is 5.69 Å². The van der Waals surface area contributed by atoms with Crippen LogP contribution in [0.5, 0.6) is 0 Å². The number of aliphatic imine (C=N–C) groups is 1. The number of nitro groups is 1. The molecule has 2 N–H and O–H groups in total. The average molecular weight is 513 g/mol. The van der Waals surface area contributed by atoms with Gasteiger partial charge in [-0.15, -0.1) is 24.0 Å². The Morgan fingerprint density at radius 3 is 2.55 bits per heavy atom. The van der Waals surface area contributed by atoms with E-state index >= 15 is 0 Å². The van der Waals surface area contributed by atoms with Gasteiger partial charge < -0.3 is 15.1 Å². The summed E-state index contributed by atoms with van der Waals surface area (Å²) < 4.78 is 5.66. The molecule has 29 heavy (non-hydrogen) atoms. The number of nitrogens with zero attached hydrogens (tertiary/aromatic N) is 3. The van der Waals surface area contributed by atoms with E-state index in [4.69, 9.17) is 4.42 Å². The summed E-state index contributed by atoms with van der Waals surface area (Å²) in [5, 5.41) is 17.4. The Labute approximate surface area is 187 Å². The van der Waals surface area contributed by atoms with Crippen molar-refractivity contribution in [3.8, 4) is 0 Å². The minimum atomic E-state index is -0.397. The molecular formula is C20H28IN5O3. The minimum absolute atomic E-state index is 0. The summed E-state index contributed by atoms with van der Waals surface area (Å²) in [6.45, 7) is 6.06. The van der Waals surface area contributed by atoms with Crippen molar-refractivity contribution < 1.29 is 9.34 Å². The first-order valence-electron chi connectivity index (χ1n) is 9.70. The van der Waals surface area contributed by atoms with E-state index in [1.165, 1.54) is 25.0 Å². The number of nitrogens with one attached hydrogen (secondary N) is 2. The number of hydrogen-bond donors (Lipinski definition) is 2. The molecule has 2 heterocycles. The third kappa shape index (κ3) is 6.70. The Hall–Kier alpha value is -2.14. The van der Waals surface area contributed by atoms with E-state index in [1.807, 2.05) is 19.1 Å². The fraction of sp³-hybridized carbons (Fsp3) is 0.450. The fourth-order valence-corrected chi connectivity index (χ4v) is 3.37. The second-order valence-corrected chi connectivity index (χ2v) is 6.77. The molecule has 1 saturated heterocycles. The highest BCUT2D eigenvalue weighted by Crippen LogP contribution is 2.24. The van der Waals surface area contributed by atoms with Crippen molar-refractivity contribution in [2.75, 3.05) is 26.2 Å². The SMILES string of the molecule is CCNC(=NCc1ccc([N+](=O)[O-])cc1)NCC(c1ccco1)N1CCCC1.I. The van der Waals surface area contributed by atoms with Gasteiger partial charge in [0.15, 0.2) is 5.96 Å². The summed E-state index contributed by atoms with van der Waals surface area (Å²) in [6.07, 6.45) is 4.14. The molecule has 0 amide bonds. The van der Waals surface area contributed by atoms with Gasteiger partial charge in [0.25, 0.3) is 5.69 Å². The van der Waals surface area contributed by atoms with Crippen LogP contribution in [0.2, 0.25) is 0 Å². The molecule has 1 fully saturated rings. The first-order valence-corrected chi connectivity index (χ1v) is 9.70. The summed E-state index contributed by atoms with van der Waals surface area (Å²) in [4.78, 5) is 17.4. The predicted molar refractivity (Wildman–Crippen MR) is 124 cm³/mol. The zero-order chi connectivity index (χ0) is 19.8. The molecule has 3 rings (SSSR count). The number of nitro benzene ring substituents is 1. The van der Waals surface area contributed by atoms with Gasteiger partial charge in [-0.3, -0.25) is 15.0 Å². The zero-order valence-corrected chi connectivity index (χ0v) is 18.9. The van der Waals surface area contributed by atoms with Crippen molar-refractivity contribution in [3.05, 3.63) is 64.1 Å². The van der Waals surface area contributed by atoms with Crippen LogP contribution in [-0.2, 0) is 6.54 Å². The fourth-order valence-electron chi connectivity index (χ4n) is 3.37. The molecule has 1 atom stereocenters. The molecule has 9 heteroatoms. The Bertz CT molecular complexity index is 774. The number of guanidine groups is 1. The van der Waals surface area contributed by atoms with Crippen LogP contribution in [-0.4, -0.2) is 42.0 Å². The lowest BCUT2D eigenvalue weighted by atomic mass is 10.2. The van der Waals surface area contributed by atoms with Gasteiger partial charge in [0.05, 0.1) is 23.8 Å². The van der Waals surface area contributed by atoms with Gasteiger partial charge >= 0.3 is 0 Å². The van der Waals surface area contributed by atoms with E-state index in [1.54, 1.807) is 18.4 Å². The van der Waals surface area contributed by atoms with Crippen LogP contribution in [0, 0.1) is 10.1 Å². The molecule has 0 bridgehead atoms. The number of benzene rings is 1. The normalized spacial score (nSPS) is 15.6. The van der Waals surface area contributed by atoms with Gasteiger partial charge in [0.2, 0.25) is 0 Å². The monoisotopic (exact) mass is 513 g/mol. The predicted octanol–water partition coefficient (Wildman–Crippen LogP) is 3.70. The van der Waals surface area contributed by atoms with E-state index < -0.39 is 4.92 Å². The summed E-state index contributed by atoms with van der Waals surface area (Å²) in [7, 11) is 0. The molecule has 0 aliphatic carbocycles. The standard InChI is InChI=1S/C20H27N5O3.HI/c1-2-21-20(22-14-16-7-9-17(10-8-16)25(26)27)23-15-18(19-6-5-13-28-19)24-11-3-4-12-24;/h5-10,13,18H,2-4,11-12,14-15H2,1H3,(H2,21,22,23);1H. The van der Waals surface area contributed by atoms with E-state index in [9.17, 15) is 10.1 Å². The zero-order valence-electron chi connectivity index (χ0n) is 16.5. The van der Waals surface area contributed by atoms with Crippen LogP contribution >= 0.6 is 24.0 Å². The van der Waals surface area contributed by atoms with Crippen molar-refractivity contribution in [2.24, 2.45) is 4.99 Å². The quantitative estimate of drug-likeness (QED) is 0.184. The maximum Gasteiger partial charge on any atom is 0.269 e. The molecular weight excluding hydrogens is 485 g/mol. The van der Waals surface area contributed by atoms with E-state index in [0.717, 1.165) is 36.9 Å². The maximum atomic E-state index is 10.8. The Morgan fingerprint density at radius 1 is 1.24 bits per heavy atom. The van der Waals surface area contributed by atoms with Gasteiger partial charge in [-0.25, -0.2) is 4.99 Å². The van der Waals surface area contributed by atoms with Crippen LogP contribution < -0.4 is 10.6 Å². The third-order valence-corrected chi connectivity index (χ3v) is 4.83. The topological polar surface area (TPSA) is 95.9 Å². The molecule has 0 radical (unpaired) electrons. The van der Waals surface area contributed by atoms with Crippen molar-refractivity contribution in [2.45, 2.75) is 32.4 Å². The number of hydrogen-bond acceptors (Lipinski definition) is 5. The van der Waals surface area contributed by atoms with E-state index in [-0.39, 0.29) is 35.7 Å². The smallest absolute Gasteiger partial charge is 0.269 e. The van der Waals surface area contributed by atoms with E-state index in [2.05, 4.69) is 20.5 Å². The van der Waals surface area contributed by atoms with Crippen molar-refractivity contribution in [1.29, 1.82) is 0 Å². The van der Waals surface area contributed by atoms with Crippen LogP contribution in [0.15, 0.2) is 52.1 Å². The first kappa shape index (κ1) is 23.1. The van der Waals surface area contributed by atoms with Crippen LogP contribution in [0.25, 0.3) is 0 Å². The van der Waals surface area contributed by atoms with Gasteiger partial charge in [-0.2, -0.15) is 0 Å². The maximum absolute atomic E-state index is 10.8. The summed E-state index contributed by atoms with van der Waals surface area (Å²) in [5.74, 6) is 1.68. The molecule has 158 valence electrons. The average Bonchev–Trinajstić information content (AvgIpc) is 3.41. The lowest BCUT2D eigenvalue weighted by Gasteiger charge is -2.26. The Kier molecular flexibility index (Phi) is 9.39. The van der Waals surface area contributed by atoms with E-state index in [0.29, 0.717) is 13.1 Å². The second kappa shape index (κ2) is 11.8. The van der Waals surface area contributed by atoms with Crippen molar-refractivity contribution in [1.82, 2.24) is 15.5 Å². The molecule has 0 spiro atoms. The van der Waals surface area contributed by atoms with Gasteiger partial charge in [-0.05, 0) is 50.6 Å². The summed E-state index contributed by atoms with van der Waals surface area (Å²) in [6, 6.07) is 10.6. The molecule has 1 aromatic carbocycles. The molecule has 1 aliphatic rings. The lowest BCUT2D eigenvalue weighted by molar-refractivity contribution is -0.384. The number of likely N-dealkylation sites (tertiary alicyclic amines) is 1.